The molecule has 1 unspecified atom stereocenters. The number of nitrogens with one attached hydrogen (secondary N) is 2. The van der Waals surface area contributed by atoms with Gasteiger partial charge in [-0.25, -0.2) is 4.39 Å². The highest BCUT2D eigenvalue weighted by molar-refractivity contribution is 5.79. The summed E-state index contributed by atoms with van der Waals surface area (Å²) >= 11 is 0. The second-order valence-electron chi connectivity index (χ2n) is 6.70. The van der Waals surface area contributed by atoms with Crippen molar-refractivity contribution in [3.63, 3.8) is 0 Å². The molecule has 1 fully saturated rings. The molecule has 0 spiro atoms. The molecule has 26 heavy (non-hydrogen) atoms. The Balaban J connectivity index is 1.56. The summed E-state index contributed by atoms with van der Waals surface area (Å²) in [6, 6.07) is 17.1. The Labute approximate surface area is 154 Å². The van der Waals surface area contributed by atoms with Crippen molar-refractivity contribution < 1.29 is 9.13 Å². The minimum Gasteiger partial charge on any atom is -0.375 e. The van der Waals surface area contributed by atoms with Crippen LogP contribution in [0.5, 0.6) is 0 Å². The van der Waals surface area contributed by atoms with Crippen molar-refractivity contribution in [1.82, 2.24) is 10.6 Å². The van der Waals surface area contributed by atoms with Gasteiger partial charge < -0.3 is 15.4 Å². The van der Waals surface area contributed by atoms with Crippen LogP contribution in [0.1, 0.15) is 30.1 Å². The zero-order valence-corrected chi connectivity index (χ0v) is 15.3. The van der Waals surface area contributed by atoms with E-state index in [1.807, 2.05) is 42.5 Å². The summed E-state index contributed by atoms with van der Waals surface area (Å²) in [4.78, 5) is 4.28. The van der Waals surface area contributed by atoms with E-state index in [2.05, 4.69) is 15.6 Å². The quantitative estimate of drug-likeness (QED) is 0.591. The van der Waals surface area contributed by atoms with Crippen molar-refractivity contribution in [2.75, 3.05) is 27.2 Å². The van der Waals surface area contributed by atoms with Gasteiger partial charge in [0.2, 0.25) is 0 Å². The maximum atomic E-state index is 14.1. The molecule has 138 valence electrons. The number of nitrogens with zero attached hydrogens (tertiary/aromatic N) is 1. The normalized spacial score (nSPS) is 16.8. The van der Waals surface area contributed by atoms with E-state index in [1.54, 1.807) is 20.2 Å². The van der Waals surface area contributed by atoms with Crippen molar-refractivity contribution in [3.8, 4) is 0 Å². The first kappa shape index (κ1) is 18.4. The molecule has 0 aromatic heterocycles. The molecule has 2 N–H and O–H groups in total. The number of methoxy groups -OCH3 is 1. The number of ether oxygens (including phenoxy) is 1. The topological polar surface area (TPSA) is 45.7 Å². The Morgan fingerprint density at radius 3 is 2.42 bits per heavy atom. The fourth-order valence-corrected chi connectivity index (χ4v) is 3.25. The first-order valence-corrected chi connectivity index (χ1v) is 8.96. The van der Waals surface area contributed by atoms with E-state index >= 15 is 0 Å². The van der Waals surface area contributed by atoms with Crippen LogP contribution in [0.25, 0.3) is 0 Å². The summed E-state index contributed by atoms with van der Waals surface area (Å²) < 4.78 is 19.7. The van der Waals surface area contributed by atoms with Crippen LogP contribution < -0.4 is 10.6 Å². The van der Waals surface area contributed by atoms with Crippen LogP contribution in [0.15, 0.2) is 59.6 Å². The Morgan fingerprint density at radius 2 is 1.81 bits per heavy atom. The predicted octanol–water partition coefficient (Wildman–Crippen LogP) is 3.41. The van der Waals surface area contributed by atoms with Gasteiger partial charge in [0.05, 0.1) is 6.10 Å². The van der Waals surface area contributed by atoms with Gasteiger partial charge in [0.15, 0.2) is 5.96 Å². The van der Waals surface area contributed by atoms with Gasteiger partial charge in [-0.05, 0) is 30.0 Å². The highest BCUT2D eigenvalue weighted by Gasteiger charge is 2.45. The van der Waals surface area contributed by atoms with Gasteiger partial charge in [-0.15, -0.1) is 0 Å². The summed E-state index contributed by atoms with van der Waals surface area (Å²) in [6.07, 6.45) is 1.92. The minimum atomic E-state index is -0.127. The monoisotopic (exact) mass is 355 g/mol. The summed E-state index contributed by atoms with van der Waals surface area (Å²) in [5.74, 6) is 0.573. The van der Waals surface area contributed by atoms with Crippen molar-refractivity contribution in [3.05, 3.63) is 71.5 Å². The van der Waals surface area contributed by atoms with E-state index < -0.39 is 0 Å². The maximum Gasteiger partial charge on any atom is 0.191 e. The zero-order chi connectivity index (χ0) is 18.4. The molecule has 0 aliphatic heterocycles. The smallest absolute Gasteiger partial charge is 0.191 e. The third-order valence-corrected chi connectivity index (χ3v) is 5.03. The molecule has 5 heteroatoms. The molecular formula is C21H26FN3O. The van der Waals surface area contributed by atoms with Crippen molar-refractivity contribution in [1.29, 1.82) is 0 Å². The molecule has 4 nitrogen and oxygen atoms in total. The fourth-order valence-electron chi connectivity index (χ4n) is 3.25. The van der Waals surface area contributed by atoms with Crippen molar-refractivity contribution >= 4 is 5.96 Å². The van der Waals surface area contributed by atoms with E-state index in [9.17, 15) is 4.39 Å². The van der Waals surface area contributed by atoms with Gasteiger partial charge in [0.1, 0.15) is 5.82 Å². The summed E-state index contributed by atoms with van der Waals surface area (Å²) in [7, 11) is 3.44. The SMILES string of the molecule is CN=C(NCC(OC)c1ccccc1)NCC1(c2ccccc2F)CC1. The number of rotatable bonds is 7. The molecule has 3 rings (SSSR count). The lowest BCUT2D eigenvalue weighted by molar-refractivity contribution is 0.106. The standard InChI is InChI=1S/C21H26FN3O/c1-23-20(24-14-19(26-2)16-8-4-3-5-9-16)25-15-21(12-13-21)17-10-6-7-11-18(17)22/h3-11,19H,12-15H2,1-2H3,(H2,23,24,25). The Morgan fingerprint density at radius 1 is 1.12 bits per heavy atom. The molecule has 2 aromatic carbocycles. The number of aliphatic imine (C=N–C) groups is 1. The Kier molecular flexibility index (Phi) is 5.89. The number of hydrogen-bond acceptors (Lipinski definition) is 2. The third kappa shape index (κ3) is 4.22. The van der Waals surface area contributed by atoms with Crippen LogP contribution in [0.2, 0.25) is 0 Å². The van der Waals surface area contributed by atoms with Gasteiger partial charge >= 0.3 is 0 Å². The predicted molar refractivity (Wildman–Crippen MR) is 103 cm³/mol. The molecule has 2 aromatic rings. The van der Waals surface area contributed by atoms with E-state index in [1.165, 1.54) is 6.07 Å². The highest BCUT2D eigenvalue weighted by atomic mass is 19.1. The first-order chi connectivity index (χ1) is 12.7. The van der Waals surface area contributed by atoms with Gasteiger partial charge in [-0.1, -0.05) is 48.5 Å². The first-order valence-electron chi connectivity index (χ1n) is 8.96. The van der Waals surface area contributed by atoms with Crippen LogP contribution in [0.3, 0.4) is 0 Å². The van der Waals surface area contributed by atoms with Crippen LogP contribution >= 0.6 is 0 Å². The van der Waals surface area contributed by atoms with Crippen LogP contribution in [0.4, 0.5) is 4.39 Å². The maximum absolute atomic E-state index is 14.1. The fraction of sp³-hybridized carbons (Fsp3) is 0.381. The minimum absolute atomic E-state index is 0.0591. The third-order valence-electron chi connectivity index (χ3n) is 5.03. The summed E-state index contributed by atoms with van der Waals surface area (Å²) in [5.41, 5.74) is 1.79. The second-order valence-corrected chi connectivity index (χ2v) is 6.70. The largest absolute Gasteiger partial charge is 0.375 e. The molecule has 1 aliphatic carbocycles. The highest BCUT2D eigenvalue weighted by Crippen LogP contribution is 2.48. The average molecular weight is 355 g/mol. The molecule has 0 heterocycles. The molecule has 0 bridgehead atoms. The van der Waals surface area contributed by atoms with Crippen LogP contribution in [-0.2, 0) is 10.2 Å². The molecule has 0 radical (unpaired) electrons. The molecule has 0 amide bonds. The van der Waals surface area contributed by atoms with Crippen LogP contribution in [-0.4, -0.2) is 33.2 Å². The van der Waals surface area contributed by atoms with Crippen molar-refractivity contribution in [2.24, 2.45) is 4.99 Å². The lowest BCUT2D eigenvalue weighted by Gasteiger charge is -2.21. The van der Waals surface area contributed by atoms with Gasteiger partial charge in [0, 0.05) is 32.7 Å². The lowest BCUT2D eigenvalue weighted by Crippen LogP contribution is -2.43. The summed E-state index contributed by atoms with van der Waals surface area (Å²) in [5, 5.41) is 6.65. The number of guanidine groups is 1. The van der Waals surface area contributed by atoms with Crippen molar-refractivity contribution in [2.45, 2.75) is 24.4 Å². The van der Waals surface area contributed by atoms with Gasteiger partial charge in [0.25, 0.3) is 0 Å². The van der Waals surface area contributed by atoms with E-state index in [0.29, 0.717) is 19.0 Å². The average Bonchev–Trinajstić information content (AvgIpc) is 3.47. The molecule has 1 aliphatic rings. The lowest BCUT2D eigenvalue weighted by atomic mass is 9.95. The van der Waals surface area contributed by atoms with Crippen LogP contribution in [0, 0.1) is 5.82 Å². The molecule has 1 atom stereocenters. The molecule has 0 saturated heterocycles. The van der Waals surface area contributed by atoms with E-state index in [0.717, 1.165) is 24.0 Å². The zero-order valence-electron chi connectivity index (χ0n) is 15.3. The molecular weight excluding hydrogens is 329 g/mol. The second kappa shape index (κ2) is 8.32. The Hall–Kier alpha value is -2.40. The number of hydrogen-bond donors (Lipinski definition) is 2. The number of benzene rings is 2. The van der Waals surface area contributed by atoms with E-state index in [-0.39, 0.29) is 17.3 Å². The Bertz CT molecular complexity index is 744. The number of halogens is 1. The summed E-state index contributed by atoms with van der Waals surface area (Å²) in [6.45, 7) is 1.27. The van der Waals surface area contributed by atoms with Gasteiger partial charge in [-0.3, -0.25) is 4.99 Å². The van der Waals surface area contributed by atoms with Gasteiger partial charge in [-0.2, -0.15) is 0 Å². The van der Waals surface area contributed by atoms with E-state index in [4.69, 9.17) is 4.74 Å². The molecule has 1 saturated carbocycles.